The molecule has 2 aliphatic heterocycles. The average molecular weight is 296 g/mol. The van der Waals surface area contributed by atoms with Crippen LogP contribution < -0.4 is 4.74 Å². The van der Waals surface area contributed by atoms with E-state index in [-0.39, 0.29) is 11.5 Å². The molecule has 4 aliphatic rings. The maximum atomic E-state index is 10.6. The van der Waals surface area contributed by atoms with Gasteiger partial charge in [-0.25, -0.2) is 0 Å². The first-order valence-electron chi connectivity index (χ1n) is 8.28. The second-order valence-electron chi connectivity index (χ2n) is 7.42. The highest BCUT2D eigenvalue weighted by atomic mass is 16.5. The van der Waals surface area contributed by atoms with Crippen molar-refractivity contribution >= 4 is 0 Å². The van der Waals surface area contributed by atoms with Crippen LogP contribution in [0.2, 0.25) is 0 Å². The molecule has 5 atom stereocenters. The van der Waals surface area contributed by atoms with Crippen LogP contribution in [0.4, 0.5) is 0 Å². The Morgan fingerprint density at radius 2 is 2.27 bits per heavy atom. The maximum absolute atomic E-state index is 10.6. The minimum Gasteiger partial charge on any atom is -0.485 e. The summed E-state index contributed by atoms with van der Waals surface area (Å²) < 4.78 is 6.26. The van der Waals surface area contributed by atoms with Crippen LogP contribution in [-0.2, 0) is 11.8 Å². The number of rotatable bonds is 0. The highest BCUT2D eigenvalue weighted by Gasteiger charge is 2.65. The fourth-order valence-electron chi connectivity index (χ4n) is 5.81. The summed E-state index contributed by atoms with van der Waals surface area (Å²) in [6.07, 6.45) is 3.37. The van der Waals surface area contributed by atoms with Gasteiger partial charge in [-0.1, -0.05) is 6.07 Å². The smallest absolute Gasteiger partial charge is 0.141 e. The molecule has 1 unspecified atom stereocenters. The first kappa shape index (κ1) is 12.9. The van der Waals surface area contributed by atoms with Crippen molar-refractivity contribution in [1.29, 1.82) is 5.26 Å². The lowest BCUT2D eigenvalue weighted by Gasteiger charge is -2.58. The first-order chi connectivity index (χ1) is 10.7. The molecule has 4 heteroatoms. The van der Waals surface area contributed by atoms with Gasteiger partial charge in [0.1, 0.15) is 17.9 Å². The summed E-state index contributed by atoms with van der Waals surface area (Å²) >= 11 is 0. The Labute approximate surface area is 130 Å². The Bertz CT molecular complexity index is 710. The molecular weight excluding hydrogens is 276 g/mol. The van der Waals surface area contributed by atoms with Crippen LogP contribution in [0.25, 0.3) is 0 Å². The largest absolute Gasteiger partial charge is 0.485 e. The number of likely N-dealkylation sites (N-methyl/N-ethyl adjacent to an activating group) is 1. The Hall–Kier alpha value is -1.57. The van der Waals surface area contributed by atoms with Crippen molar-refractivity contribution in [3.05, 3.63) is 28.8 Å². The van der Waals surface area contributed by atoms with Gasteiger partial charge >= 0.3 is 0 Å². The van der Waals surface area contributed by atoms with Gasteiger partial charge in [-0.2, -0.15) is 5.26 Å². The number of hydrogen-bond acceptors (Lipinski definition) is 4. The molecule has 2 heterocycles. The Kier molecular flexibility index (Phi) is 2.37. The van der Waals surface area contributed by atoms with E-state index in [1.54, 1.807) is 0 Å². The third-order valence-corrected chi connectivity index (χ3v) is 6.70. The Morgan fingerprint density at radius 3 is 3.09 bits per heavy atom. The SMILES string of the molecule is CN1CC[C@]23c4c5ccc(C#N)c4O[C@H]2C(O)CC[C@H]3[C@H]1C5. The third-order valence-electron chi connectivity index (χ3n) is 6.70. The lowest BCUT2D eigenvalue weighted by molar-refractivity contribution is -0.0992. The van der Waals surface area contributed by atoms with Crippen molar-refractivity contribution in [1.82, 2.24) is 4.90 Å². The minimum atomic E-state index is -0.412. The fraction of sp³-hybridized carbons (Fsp3) is 0.611. The minimum absolute atomic E-state index is 0.0649. The van der Waals surface area contributed by atoms with Crippen LogP contribution in [0.1, 0.15) is 36.0 Å². The van der Waals surface area contributed by atoms with Crippen LogP contribution in [0.3, 0.4) is 0 Å². The van der Waals surface area contributed by atoms with Gasteiger partial charge in [0.25, 0.3) is 0 Å². The lowest BCUT2D eigenvalue weighted by atomic mass is 9.51. The molecule has 0 radical (unpaired) electrons. The summed E-state index contributed by atoms with van der Waals surface area (Å²) in [6.45, 7) is 1.05. The Morgan fingerprint density at radius 1 is 1.41 bits per heavy atom. The number of nitrogens with zero attached hydrogens (tertiary/aromatic N) is 2. The molecule has 0 aromatic heterocycles. The van der Waals surface area contributed by atoms with E-state index < -0.39 is 6.10 Å². The van der Waals surface area contributed by atoms with E-state index in [2.05, 4.69) is 24.1 Å². The average Bonchev–Trinajstić information content (AvgIpc) is 2.88. The number of benzene rings is 1. The third kappa shape index (κ3) is 1.27. The van der Waals surface area contributed by atoms with Crippen LogP contribution in [-0.4, -0.2) is 41.8 Å². The number of piperidine rings is 1. The summed E-state index contributed by atoms with van der Waals surface area (Å²) in [4.78, 5) is 2.49. The molecule has 1 N–H and O–H groups in total. The predicted octanol–water partition coefficient (Wildman–Crippen LogP) is 1.59. The molecule has 2 bridgehead atoms. The highest BCUT2D eigenvalue weighted by molar-refractivity contribution is 5.61. The van der Waals surface area contributed by atoms with Gasteiger partial charge in [0.2, 0.25) is 0 Å². The van der Waals surface area contributed by atoms with Crippen molar-refractivity contribution in [2.24, 2.45) is 5.92 Å². The zero-order valence-corrected chi connectivity index (χ0v) is 12.7. The molecule has 2 fully saturated rings. The second kappa shape index (κ2) is 4.04. The number of nitriles is 1. The summed E-state index contributed by atoms with van der Waals surface area (Å²) in [6, 6.07) is 6.83. The van der Waals surface area contributed by atoms with E-state index >= 15 is 0 Å². The predicted molar refractivity (Wildman–Crippen MR) is 80.7 cm³/mol. The molecule has 1 spiro atoms. The van der Waals surface area contributed by atoms with Gasteiger partial charge in [0.05, 0.1) is 11.7 Å². The first-order valence-corrected chi connectivity index (χ1v) is 8.28. The van der Waals surface area contributed by atoms with Gasteiger partial charge in [0.15, 0.2) is 0 Å². The summed E-state index contributed by atoms with van der Waals surface area (Å²) in [5.74, 6) is 1.32. The van der Waals surface area contributed by atoms with Crippen molar-refractivity contribution in [2.75, 3.05) is 13.6 Å². The number of aliphatic hydroxyl groups excluding tert-OH is 1. The quantitative estimate of drug-likeness (QED) is 0.790. The van der Waals surface area contributed by atoms with E-state index in [4.69, 9.17) is 4.74 Å². The monoisotopic (exact) mass is 296 g/mol. The normalized spacial score (nSPS) is 41.5. The van der Waals surface area contributed by atoms with E-state index in [9.17, 15) is 10.4 Å². The molecule has 2 aliphatic carbocycles. The van der Waals surface area contributed by atoms with Crippen molar-refractivity contribution in [3.63, 3.8) is 0 Å². The molecule has 0 amide bonds. The van der Waals surface area contributed by atoms with Crippen LogP contribution in [0, 0.1) is 17.2 Å². The summed E-state index contributed by atoms with van der Waals surface area (Å²) in [5.41, 5.74) is 3.17. The number of likely N-dealkylation sites (tertiary alicyclic amines) is 1. The molecule has 5 rings (SSSR count). The zero-order valence-electron chi connectivity index (χ0n) is 12.7. The summed E-state index contributed by atoms with van der Waals surface area (Å²) in [5, 5.41) is 20.0. The maximum Gasteiger partial charge on any atom is 0.141 e. The van der Waals surface area contributed by atoms with E-state index in [0.717, 1.165) is 38.0 Å². The highest BCUT2D eigenvalue weighted by Crippen LogP contribution is 2.62. The van der Waals surface area contributed by atoms with E-state index in [1.807, 2.05) is 6.07 Å². The van der Waals surface area contributed by atoms with Crippen LogP contribution in [0.5, 0.6) is 5.75 Å². The fourth-order valence-corrected chi connectivity index (χ4v) is 5.81. The van der Waals surface area contributed by atoms with Gasteiger partial charge in [-0.3, -0.25) is 0 Å². The molecule has 1 saturated carbocycles. The lowest BCUT2D eigenvalue weighted by Crippen LogP contribution is -2.66. The van der Waals surface area contributed by atoms with Crippen LogP contribution in [0.15, 0.2) is 12.1 Å². The van der Waals surface area contributed by atoms with Crippen LogP contribution >= 0.6 is 0 Å². The topological polar surface area (TPSA) is 56.5 Å². The molecule has 1 aromatic carbocycles. The molecule has 114 valence electrons. The molecule has 4 nitrogen and oxygen atoms in total. The summed E-state index contributed by atoms with van der Waals surface area (Å²) in [7, 11) is 2.23. The standard InChI is InChI=1S/C18H20N2O2/c1-20-7-6-18-12-4-5-14(21)17(18)22-16-11(9-19)3-2-10(15(16)18)8-13(12)20/h2-3,12-14,17,21H,4-8H2,1H3/t12-,13+,14?,17-,18-/m0/s1. The molecule has 1 aromatic rings. The Balaban J connectivity index is 1.82. The van der Waals surface area contributed by atoms with Gasteiger partial charge < -0.3 is 14.7 Å². The second-order valence-corrected chi connectivity index (χ2v) is 7.42. The molecule has 22 heavy (non-hydrogen) atoms. The molecule has 1 saturated heterocycles. The van der Waals surface area contributed by atoms with Crippen molar-refractivity contribution in [2.45, 2.75) is 49.3 Å². The van der Waals surface area contributed by atoms with E-state index in [0.29, 0.717) is 17.5 Å². The number of ether oxygens (including phenoxy) is 1. The number of hydrogen-bond donors (Lipinski definition) is 1. The van der Waals surface area contributed by atoms with Gasteiger partial charge in [0, 0.05) is 17.0 Å². The van der Waals surface area contributed by atoms with Crippen molar-refractivity contribution in [3.8, 4) is 11.8 Å². The number of aliphatic hydroxyl groups is 1. The van der Waals surface area contributed by atoms with Gasteiger partial charge in [-0.15, -0.1) is 0 Å². The van der Waals surface area contributed by atoms with Gasteiger partial charge in [-0.05, 0) is 56.8 Å². The van der Waals surface area contributed by atoms with E-state index in [1.165, 1.54) is 11.1 Å². The van der Waals surface area contributed by atoms with Crippen molar-refractivity contribution < 1.29 is 9.84 Å². The zero-order chi connectivity index (χ0) is 15.1. The molecular formula is C18H20N2O2.